The number of hydrogen-bond donors (Lipinski definition) is 1. The third kappa shape index (κ3) is 3.13. The minimum Gasteiger partial charge on any atom is -0.468 e. The van der Waals surface area contributed by atoms with Crippen LogP contribution >= 0.6 is 11.8 Å². The predicted molar refractivity (Wildman–Crippen MR) is 66.3 cm³/mol. The second-order valence-electron chi connectivity index (χ2n) is 3.50. The molecule has 88 valence electrons. The van der Waals surface area contributed by atoms with Gasteiger partial charge in [-0.05, 0) is 25.0 Å². The highest BCUT2D eigenvalue weighted by Gasteiger charge is 2.07. The molecule has 0 aliphatic carbocycles. The van der Waals surface area contributed by atoms with E-state index in [9.17, 15) is 4.79 Å². The van der Waals surface area contributed by atoms with Crippen LogP contribution in [0.5, 0.6) is 0 Å². The highest BCUT2D eigenvalue weighted by Crippen LogP contribution is 2.21. The largest absolute Gasteiger partial charge is 0.468 e. The molecule has 0 aliphatic rings. The van der Waals surface area contributed by atoms with E-state index in [0.717, 1.165) is 22.5 Å². The Kier molecular flexibility index (Phi) is 4.61. The molecule has 4 nitrogen and oxygen atoms in total. The fourth-order valence-corrected chi connectivity index (χ4v) is 2.10. The number of nitrogens with zero attached hydrogens (tertiary/aromatic N) is 1. The van der Waals surface area contributed by atoms with Gasteiger partial charge in [-0.3, -0.25) is 9.78 Å². The number of carbonyl (C=O) groups is 1. The van der Waals surface area contributed by atoms with E-state index < -0.39 is 0 Å². The Labute approximate surface area is 99.6 Å². The second-order valence-corrected chi connectivity index (χ2v) is 4.48. The number of nitrogen functional groups attached to an aromatic ring is 1. The Morgan fingerprint density at radius 2 is 2.25 bits per heavy atom. The van der Waals surface area contributed by atoms with Gasteiger partial charge in [-0.25, -0.2) is 0 Å². The Bertz CT molecular complexity index is 394. The summed E-state index contributed by atoms with van der Waals surface area (Å²) >= 11 is 1.48. The standard InChI is InChI=1S/C11H16N2O2S/c1-7-4-13-9(8(2)11(7)12)5-16-6-10(14)15-3/h4H,5-6H2,1-3H3,(H2,12,13). The Morgan fingerprint density at radius 3 is 2.88 bits per heavy atom. The van der Waals surface area contributed by atoms with Crippen molar-refractivity contribution in [3.63, 3.8) is 0 Å². The lowest BCUT2D eigenvalue weighted by Gasteiger charge is -2.09. The zero-order chi connectivity index (χ0) is 12.1. The molecule has 0 amide bonds. The molecule has 0 aromatic carbocycles. The average molecular weight is 240 g/mol. The molecule has 0 saturated heterocycles. The zero-order valence-electron chi connectivity index (χ0n) is 9.74. The molecule has 16 heavy (non-hydrogen) atoms. The van der Waals surface area contributed by atoms with Crippen molar-refractivity contribution in [1.82, 2.24) is 4.98 Å². The molecule has 1 aromatic rings. The minimum atomic E-state index is -0.220. The van der Waals surface area contributed by atoms with Gasteiger partial charge in [0.2, 0.25) is 0 Å². The molecule has 1 aromatic heterocycles. The molecule has 0 spiro atoms. The number of thioether (sulfide) groups is 1. The van der Waals surface area contributed by atoms with Gasteiger partial charge >= 0.3 is 5.97 Å². The van der Waals surface area contributed by atoms with E-state index in [1.54, 1.807) is 6.20 Å². The number of aromatic nitrogens is 1. The molecular formula is C11H16N2O2S. The Hall–Kier alpha value is -1.23. The van der Waals surface area contributed by atoms with Gasteiger partial charge in [0.05, 0.1) is 18.6 Å². The van der Waals surface area contributed by atoms with E-state index in [-0.39, 0.29) is 5.97 Å². The van der Waals surface area contributed by atoms with E-state index in [1.165, 1.54) is 18.9 Å². The van der Waals surface area contributed by atoms with E-state index in [4.69, 9.17) is 5.73 Å². The van der Waals surface area contributed by atoms with Crippen molar-refractivity contribution in [3.8, 4) is 0 Å². The summed E-state index contributed by atoms with van der Waals surface area (Å²) in [4.78, 5) is 15.2. The van der Waals surface area contributed by atoms with Gasteiger partial charge in [-0.2, -0.15) is 0 Å². The molecule has 2 N–H and O–H groups in total. The molecule has 0 bridgehead atoms. The summed E-state index contributed by atoms with van der Waals surface area (Å²) in [5.74, 6) is 0.791. The van der Waals surface area contributed by atoms with Gasteiger partial charge in [-0.15, -0.1) is 11.8 Å². The maximum Gasteiger partial charge on any atom is 0.315 e. The first kappa shape index (κ1) is 12.8. The molecule has 1 heterocycles. The van der Waals surface area contributed by atoms with E-state index in [0.29, 0.717) is 11.5 Å². The Morgan fingerprint density at radius 1 is 1.56 bits per heavy atom. The first-order valence-electron chi connectivity index (χ1n) is 4.91. The number of carbonyl (C=O) groups excluding carboxylic acids is 1. The summed E-state index contributed by atoms with van der Waals surface area (Å²) in [6.07, 6.45) is 1.76. The second kappa shape index (κ2) is 5.75. The molecule has 0 unspecified atom stereocenters. The van der Waals surface area contributed by atoms with Crippen molar-refractivity contribution in [3.05, 3.63) is 23.0 Å². The topological polar surface area (TPSA) is 65.2 Å². The zero-order valence-corrected chi connectivity index (χ0v) is 10.6. The smallest absolute Gasteiger partial charge is 0.315 e. The number of pyridine rings is 1. The molecule has 0 aliphatic heterocycles. The molecule has 1 rings (SSSR count). The van der Waals surface area contributed by atoms with Crippen LogP contribution in [0.3, 0.4) is 0 Å². The average Bonchev–Trinajstić information content (AvgIpc) is 2.29. The van der Waals surface area contributed by atoms with Crippen LogP contribution in [0.2, 0.25) is 0 Å². The number of anilines is 1. The summed E-state index contributed by atoms with van der Waals surface area (Å²) < 4.78 is 4.56. The Balaban J connectivity index is 2.61. The normalized spacial score (nSPS) is 10.2. The van der Waals surface area contributed by atoms with Gasteiger partial charge in [0, 0.05) is 17.6 Å². The van der Waals surface area contributed by atoms with Gasteiger partial charge in [-0.1, -0.05) is 0 Å². The van der Waals surface area contributed by atoms with Crippen molar-refractivity contribution in [2.75, 3.05) is 18.6 Å². The maximum absolute atomic E-state index is 10.9. The van der Waals surface area contributed by atoms with Crippen molar-refractivity contribution in [1.29, 1.82) is 0 Å². The minimum absolute atomic E-state index is 0.220. The number of aryl methyl sites for hydroxylation is 1. The fraction of sp³-hybridized carbons (Fsp3) is 0.455. The number of ether oxygens (including phenoxy) is 1. The number of methoxy groups -OCH3 is 1. The summed E-state index contributed by atoms with van der Waals surface area (Å²) in [7, 11) is 1.39. The van der Waals surface area contributed by atoms with Crippen LogP contribution in [0.4, 0.5) is 5.69 Å². The lowest BCUT2D eigenvalue weighted by atomic mass is 10.1. The monoisotopic (exact) mass is 240 g/mol. The third-order valence-corrected chi connectivity index (χ3v) is 3.28. The van der Waals surface area contributed by atoms with Crippen LogP contribution in [-0.4, -0.2) is 23.8 Å². The lowest BCUT2D eigenvalue weighted by Crippen LogP contribution is -2.05. The lowest BCUT2D eigenvalue weighted by molar-refractivity contribution is -0.137. The highest BCUT2D eigenvalue weighted by molar-refractivity contribution is 7.99. The van der Waals surface area contributed by atoms with Crippen LogP contribution < -0.4 is 5.73 Å². The van der Waals surface area contributed by atoms with Crippen molar-refractivity contribution in [2.24, 2.45) is 0 Å². The first-order valence-corrected chi connectivity index (χ1v) is 6.06. The van der Waals surface area contributed by atoms with Gasteiger partial charge in [0.1, 0.15) is 0 Å². The first-order chi connectivity index (χ1) is 7.56. The molecule has 0 atom stereocenters. The van der Waals surface area contributed by atoms with E-state index >= 15 is 0 Å². The number of rotatable bonds is 4. The molecule has 0 radical (unpaired) electrons. The number of esters is 1. The predicted octanol–water partition coefficient (Wildman–Crippen LogP) is 1.69. The highest BCUT2D eigenvalue weighted by atomic mass is 32.2. The van der Waals surface area contributed by atoms with Crippen LogP contribution in [-0.2, 0) is 15.3 Å². The molecular weight excluding hydrogens is 224 g/mol. The molecule has 5 heteroatoms. The molecule has 0 saturated carbocycles. The summed E-state index contributed by atoms with van der Waals surface area (Å²) in [6.45, 7) is 3.88. The number of hydrogen-bond acceptors (Lipinski definition) is 5. The summed E-state index contributed by atoms with van der Waals surface area (Å²) in [5.41, 5.74) is 9.59. The van der Waals surface area contributed by atoms with Crippen LogP contribution in [0.15, 0.2) is 6.20 Å². The van der Waals surface area contributed by atoms with Gasteiger partial charge in [0.25, 0.3) is 0 Å². The fourth-order valence-electron chi connectivity index (χ4n) is 1.23. The number of nitrogens with two attached hydrogens (primary N) is 1. The van der Waals surface area contributed by atoms with Gasteiger partial charge in [0.15, 0.2) is 0 Å². The van der Waals surface area contributed by atoms with Crippen molar-refractivity contribution < 1.29 is 9.53 Å². The van der Waals surface area contributed by atoms with Crippen LogP contribution in [0.25, 0.3) is 0 Å². The molecule has 0 fully saturated rings. The van der Waals surface area contributed by atoms with Crippen molar-refractivity contribution >= 4 is 23.4 Å². The third-order valence-electron chi connectivity index (χ3n) is 2.36. The SMILES string of the molecule is COC(=O)CSCc1ncc(C)c(N)c1C. The van der Waals surface area contributed by atoms with Gasteiger partial charge < -0.3 is 10.5 Å². The summed E-state index contributed by atoms with van der Waals surface area (Å²) in [6, 6.07) is 0. The van der Waals surface area contributed by atoms with Crippen LogP contribution in [0, 0.1) is 13.8 Å². The van der Waals surface area contributed by atoms with Crippen molar-refractivity contribution in [2.45, 2.75) is 19.6 Å². The maximum atomic E-state index is 10.9. The van der Waals surface area contributed by atoms with E-state index in [1.807, 2.05) is 13.8 Å². The quantitative estimate of drug-likeness (QED) is 0.811. The van der Waals surface area contributed by atoms with Crippen LogP contribution in [0.1, 0.15) is 16.8 Å². The van der Waals surface area contributed by atoms with E-state index in [2.05, 4.69) is 9.72 Å². The summed E-state index contributed by atoms with van der Waals surface area (Å²) in [5, 5.41) is 0.